The summed E-state index contributed by atoms with van der Waals surface area (Å²) in [5.74, 6) is 2.22. The maximum atomic E-state index is 6.49. The Bertz CT molecular complexity index is 1790. The second kappa shape index (κ2) is 8.71. The summed E-state index contributed by atoms with van der Waals surface area (Å²) in [7, 11) is 1.66. The average molecular weight is 521 g/mol. The number of aryl methyl sites for hydroxylation is 1. The van der Waals surface area contributed by atoms with Crippen LogP contribution in [0.3, 0.4) is 0 Å². The van der Waals surface area contributed by atoms with Crippen molar-refractivity contribution in [2.45, 2.75) is 12.8 Å². The van der Waals surface area contributed by atoms with E-state index in [1.54, 1.807) is 18.0 Å². The van der Waals surface area contributed by atoms with Gasteiger partial charge in [0.2, 0.25) is 11.8 Å². The molecule has 9 heteroatoms. The molecular weight excluding hydrogens is 500 g/mol. The molecule has 3 aromatic heterocycles. The minimum absolute atomic E-state index is 0.240. The summed E-state index contributed by atoms with van der Waals surface area (Å²) in [5.41, 5.74) is 6.11. The zero-order chi connectivity index (χ0) is 25.8. The molecule has 0 saturated carbocycles. The second-order valence-corrected chi connectivity index (χ2v) is 9.47. The number of aromatic nitrogens is 6. The van der Waals surface area contributed by atoms with Crippen molar-refractivity contribution in [2.75, 3.05) is 7.11 Å². The van der Waals surface area contributed by atoms with Crippen LogP contribution in [0.4, 0.5) is 0 Å². The largest absolute Gasteiger partial charge is 0.497 e. The molecule has 7 rings (SSSR count). The lowest BCUT2D eigenvalue weighted by atomic mass is 9.84. The maximum absolute atomic E-state index is 6.49. The quantitative estimate of drug-likeness (QED) is 0.273. The number of methoxy groups -OCH3 is 1. The predicted octanol–water partition coefficient (Wildman–Crippen LogP) is 6.23. The molecule has 1 aliphatic heterocycles. The van der Waals surface area contributed by atoms with Crippen LogP contribution in [-0.4, -0.2) is 36.5 Å². The van der Waals surface area contributed by atoms with Crippen LogP contribution in [0.25, 0.3) is 22.7 Å². The van der Waals surface area contributed by atoms with E-state index in [0.29, 0.717) is 28.3 Å². The molecule has 0 N–H and O–H groups in total. The molecule has 0 unspecified atom stereocenters. The van der Waals surface area contributed by atoms with Crippen LogP contribution in [0, 0.1) is 6.92 Å². The number of rotatable bonds is 4. The maximum Gasteiger partial charge on any atom is 0.230 e. The van der Waals surface area contributed by atoms with Gasteiger partial charge in [-0.3, -0.25) is 0 Å². The van der Waals surface area contributed by atoms with Crippen molar-refractivity contribution in [2.24, 2.45) is 0 Å². The summed E-state index contributed by atoms with van der Waals surface area (Å²) in [5, 5.41) is 10.2. The van der Waals surface area contributed by atoms with Gasteiger partial charge in [-0.15, -0.1) is 5.10 Å². The Kier molecular flexibility index (Phi) is 5.16. The van der Waals surface area contributed by atoms with Gasteiger partial charge in [-0.05, 0) is 61.0 Å². The van der Waals surface area contributed by atoms with E-state index in [1.807, 2.05) is 78.3 Å². The predicted molar refractivity (Wildman–Crippen MR) is 144 cm³/mol. The first-order chi connectivity index (χ1) is 18.6. The van der Waals surface area contributed by atoms with Gasteiger partial charge in [0.25, 0.3) is 0 Å². The smallest absolute Gasteiger partial charge is 0.230 e. The molecule has 0 fully saturated rings. The van der Waals surface area contributed by atoms with Crippen molar-refractivity contribution in [1.82, 2.24) is 29.4 Å². The van der Waals surface area contributed by atoms with E-state index in [9.17, 15) is 0 Å². The summed E-state index contributed by atoms with van der Waals surface area (Å²) >= 11 is 6.10. The number of para-hydroxylation sites is 1. The van der Waals surface area contributed by atoms with E-state index >= 15 is 0 Å². The van der Waals surface area contributed by atoms with Crippen molar-refractivity contribution in [3.05, 3.63) is 113 Å². The zero-order valence-electron chi connectivity index (χ0n) is 20.5. The first-order valence-corrected chi connectivity index (χ1v) is 12.5. The Morgan fingerprint density at radius 2 is 1.66 bits per heavy atom. The van der Waals surface area contributed by atoms with Gasteiger partial charge in [-0.25, -0.2) is 19.2 Å². The monoisotopic (exact) mass is 520 g/mol. The number of ether oxygens (including phenoxy) is 2. The van der Waals surface area contributed by atoms with Crippen molar-refractivity contribution in [3.63, 3.8) is 0 Å². The van der Waals surface area contributed by atoms with Gasteiger partial charge in [0.1, 0.15) is 12.1 Å². The highest BCUT2D eigenvalue weighted by Crippen LogP contribution is 2.49. The minimum Gasteiger partial charge on any atom is -0.497 e. The highest BCUT2D eigenvalue weighted by molar-refractivity contribution is 6.30. The molecule has 0 amide bonds. The molecule has 3 aromatic carbocycles. The highest BCUT2D eigenvalue weighted by atomic mass is 35.5. The fraction of sp³-hybridized carbons (Fsp3) is 0.103. The minimum atomic E-state index is -0.240. The molecule has 4 heterocycles. The summed E-state index contributed by atoms with van der Waals surface area (Å²) in [6.07, 6.45) is 1.63. The lowest BCUT2D eigenvalue weighted by molar-refractivity contribution is 0.402. The molecule has 38 heavy (non-hydrogen) atoms. The number of nitrogens with zero attached hydrogens (tertiary/aromatic N) is 6. The second-order valence-electron chi connectivity index (χ2n) is 9.03. The molecule has 0 aliphatic carbocycles. The Hall–Kier alpha value is -4.69. The van der Waals surface area contributed by atoms with Gasteiger partial charge in [0.15, 0.2) is 11.5 Å². The van der Waals surface area contributed by atoms with Gasteiger partial charge in [-0.2, -0.15) is 5.10 Å². The zero-order valence-corrected chi connectivity index (χ0v) is 21.3. The Balaban J connectivity index is 1.47. The molecule has 0 spiro atoms. The molecule has 0 bridgehead atoms. The van der Waals surface area contributed by atoms with Crippen LogP contribution in [-0.2, 0) is 0 Å². The van der Waals surface area contributed by atoms with Crippen molar-refractivity contribution >= 4 is 17.2 Å². The van der Waals surface area contributed by atoms with Crippen molar-refractivity contribution < 1.29 is 9.47 Å². The van der Waals surface area contributed by atoms with E-state index < -0.39 is 0 Å². The van der Waals surface area contributed by atoms with Gasteiger partial charge in [0, 0.05) is 10.6 Å². The summed E-state index contributed by atoms with van der Waals surface area (Å²) < 4.78 is 15.4. The number of hydrogen-bond acceptors (Lipinski definition) is 6. The highest BCUT2D eigenvalue weighted by Gasteiger charge is 2.38. The molecule has 6 aromatic rings. The molecule has 186 valence electrons. The van der Waals surface area contributed by atoms with E-state index in [-0.39, 0.29) is 5.92 Å². The van der Waals surface area contributed by atoms with Crippen molar-refractivity contribution in [1.29, 1.82) is 0 Å². The van der Waals surface area contributed by atoms with E-state index in [0.717, 1.165) is 39.4 Å². The summed E-state index contributed by atoms with van der Waals surface area (Å²) in [6.45, 7) is 2.00. The average Bonchev–Trinajstić information content (AvgIpc) is 3.54. The van der Waals surface area contributed by atoms with Crippen LogP contribution in [0.5, 0.6) is 17.5 Å². The summed E-state index contributed by atoms with van der Waals surface area (Å²) in [4.78, 5) is 9.61. The van der Waals surface area contributed by atoms with Crippen molar-refractivity contribution in [3.8, 4) is 34.6 Å². The molecular formula is C29H21ClN6O2. The van der Waals surface area contributed by atoms with Crippen LogP contribution in [0.2, 0.25) is 5.02 Å². The van der Waals surface area contributed by atoms with Crippen LogP contribution < -0.4 is 9.47 Å². The number of benzene rings is 3. The molecule has 0 saturated heterocycles. The third-order valence-corrected chi connectivity index (χ3v) is 7.02. The number of halogens is 1. The van der Waals surface area contributed by atoms with Gasteiger partial charge in [0.05, 0.1) is 35.5 Å². The van der Waals surface area contributed by atoms with Gasteiger partial charge >= 0.3 is 0 Å². The topological polar surface area (TPSA) is 79.4 Å². The number of fused-ring (bicyclic) bond motifs is 4. The lowest BCUT2D eigenvalue weighted by Crippen LogP contribution is -2.16. The van der Waals surface area contributed by atoms with E-state index in [2.05, 4.69) is 17.1 Å². The SMILES string of the molecule is COc1ccc([C@@H]2c3c(C)nn(-c4ccccc4)c3Oc3ncn4nc(-c5ccc(Cl)cc5)nc4c32)cc1. The molecule has 1 aliphatic rings. The van der Waals surface area contributed by atoms with Gasteiger partial charge in [-0.1, -0.05) is 41.9 Å². The van der Waals surface area contributed by atoms with Crippen LogP contribution >= 0.6 is 11.6 Å². The standard InChI is InChI=1S/C29H21ClN6O2/c1-17-23-24(18-10-14-22(37-2)15-11-18)25-27-32-26(19-8-12-20(30)13-9-19)34-35(27)16-31-28(25)38-29(23)36(33-17)21-6-4-3-5-7-21/h3-16,24H,1-2H3/t24-/m1/s1. The lowest BCUT2D eigenvalue weighted by Gasteiger charge is -2.26. The van der Waals surface area contributed by atoms with Crippen LogP contribution in [0.1, 0.15) is 28.3 Å². The Morgan fingerprint density at radius 3 is 2.39 bits per heavy atom. The first kappa shape index (κ1) is 22.5. The fourth-order valence-electron chi connectivity index (χ4n) is 4.97. The summed E-state index contributed by atoms with van der Waals surface area (Å²) in [6, 6.07) is 25.4. The van der Waals surface area contributed by atoms with Gasteiger partial charge < -0.3 is 9.47 Å². The van der Waals surface area contributed by atoms with Crippen LogP contribution in [0.15, 0.2) is 85.2 Å². The Labute approximate surface area is 223 Å². The Morgan fingerprint density at radius 1 is 0.895 bits per heavy atom. The molecule has 8 nitrogen and oxygen atoms in total. The fourth-order valence-corrected chi connectivity index (χ4v) is 5.10. The molecule has 1 atom stereocenters. The number of hydrogen-bond donors (Lipinski definition) is 0. The van der Waals surface area contributed by atoms with E-state index in [1.165, 1.54) is 0 Å². The first-order valence-electron chi connectivity index (χ1n) is 12.1. The molecule has 0 radical (unpaired) electrons. The third kappa shape index (κ3) is 3.53. The third-order valence-electron chi connectivity index (χ3n) is 6.77. The van der Waals surface area contributed by atoms with E-state index in [4.69, 9.17) is 36.3 Å². The normalized spacial score (nSPS) is 14.1.